The van der Waals surface area contributed by atoms with Crippen LogP contribution in [-0.2, 0) is 11.3 Å². The Morgan fingerprint density at radius 3 is 2.47 bits per heavy atom. The number of carbonyl (C=O) groups is 2. The molecule has 2 rings (SSSR count). The first kappa shape index (κ1) is 13.3. The maximum absolute atomic E-state index is 11.8. The van der Waals surface area contributed by atoms with E-state index in [1.807, 2.05) is 0 Å². The molecular formula is C13H17N3O3. The van der Waals surface area contributed by atoms with Crippen molar-refractivity contribution in [1.29, 1.82) is 0 Å². The van der Waals surface area contributed by atoms with Gasteiger partial charge in [0.25, 0.3) is 0 Å². The average Bonchev–Trinajstić information content (AvgIpc) is 2.87. The summed E-state index contributed by atoms with van der Waals surface area (Å²) in [6.07, 6.45) is 5.93. The summed E-state index contributed by atoms with van der Waals surface area (Å²) in [7, 11) is 0. The molecule has 2 amide bonds. The molecule has 1 aromatic heterocycles. The molecule has 1 aromatic rings. The summed E-state index contributed by atoms with van der Waals surface area (Å²) < 4.78 is 0. The fraction of sp³-hybridized carbons (Fsp3) is 0.462. The molecule has 1 aliphatic carbocycles. The van der Waals surface area contributed by atoms with Gasteiger partial charge in [-0.2, -0.15) is 0 Å². The maximum Gasteiger partial charge on any atom is 0.329 e. The van der Waals surface area contributed by atoms with E-state index >= 15 is 0 Å². The van der Waals surface area contributed by atoms with Crippen molar-refractivity contribution >= 4 is 12.0 Å². The standard InChI is InChI=1S/C13H17N3O3/c17-11(18)13(5-1-2-6-13)16-12(19)15-9-10-3-7-14-8-4-10/h3-4,7-8H,1-2,5-6,9H2,(H,17,18)(H2,15,16,19). The Morgan fingerprint density at radius 1 is 1.26 bits per heavy atom. The number of hydrogen-bond acceptors (Lipinski definition) is 3. The topological polar surface area (TPSA) is 91.3 Å². The zero-order valence-corrected chi connectivity index (χ0v) is 10.6. The number of pyridine rings is 1. The lowest BCUT2D eigenvalue weighted by Crippen LogP contribution is -2.55. The van der Waals surface area contributed by atoms with Gasteiger partial charge in [-0.25, -0.2) is 9.59 Å². The van der Waals surface area contributed by atoms with Gasteiger partial charge in [0.15, 0.2) is 0 Å². The molecule has 1 fully saturated rings. The summed E-state index contributed by atoms with van der Waals surface area (Å²) in [6, 6.07) is 3.15. The van der Waals surface area contributed by atoms with Crippen molar-refractivity contribution in [3.8, 4) is 0 Å². The number of urea groups is 1. The van der Waals surface area contributed by atoms with E-state index in [0.29, 0.717) is 19.4 Å². The third kappa shape index (κ3) is 3.21. The van der Waals surface area contributed by atoms with Crippen LogP contribution < -0.4 is 10.6 Å². The number of carbonyl (C=O) groups excluding carboxylic acids is 1. The minimum atomic E-state index is -1.09. The molecule has 1 saturated carbocycles. The van der Waals surface area contributed by atoms with Gasteiger partial charge in [0, 0.05) is 18.9 Å². The number of nitrogens with zero attached hydrogens (tertiary/aromatic N) is 1. The van der Waals surface area contributed by atoms with E-state index in [4.69, 9.17) is 0 Å². The number of amides is 2. The van der Waals surface area contributed by atoms with Crippen LogP contribution in [0.3, 0.4) is 0 Å². The second kappa shape index (κ2) is 5.69. The zero-order chi connectivity index (χ0) is 13.7. The van der Waals surface area contributed by atoms with Crippen LogP contribution in [-0.4, -0.2) is 27.6 Å². The Bertz CT molecular complexity index is 455. The van der Waals surface area contributed by atoms with Gasteiger partial charge in [-0.15, -0.1) is 0 Å². The van der Waals surface area contributed by atoms with E-state index in [2.05, 4.69) is 15.6 Å². The number of aromatic nitrogens is 1. The highest BCUT2D eigenvalue weighted by Gasteiger charge is 2.42. The number of carboxylic acid groups (broad SMARTS) is 1. The monoisotopic (exact) mass is 263 g/mol. The van der Waals surface area contributed by atoms with Crippen molar-refractivity contribution in [1.82, 2.24) is 15.6 Å². The first-order valence-electron chi connectivity index (χ1n) is 6.31. The van der Waals surface area contributed by atoms with E-state index in [0.717, 1.165) is 18.4 Å². The van der Waals surface area contributed by atoms with Crippen molar-refractivity contribution in [2.24, 2.45) is 0 Å². The summed E-state index contributed by atoms with van der Waals surface area (Å²) in [5.74, 6) is -0.955. The number of nitrogens with one attached hydrogen (secondary N) is 2. The van der Waals surface area contributed by atoms with Gasteiger partial charge in [-0.3, -0.25) is 4.98 Å². The summed E-state index contributed by atoms with van der Waals surface area (Å²) >= 11 is 0. The molecule has 0 bridgehead atoms. The summed E-state index contributed by atoms with van der Waals surface area (Å²) in [6.45, 7) is 0.351. The number of carboxylic acids is 1. The molecule has 0 unspecified atom stereocenters. The van der Waals surface area contributed by atoms with E-state index in [-0.39, 0.29) is 0 Å². The van der Waals surface area contributed by atoms with E-state index in [9.17, 15) is 14.7 Å². The second-order valence-electron chi connectivity index (χ2n) is 4.76. The maximum atomic E-state index is 11.8. The molecular weight excluding hydrogens is 246 g/mol. The third-order valence-corrected chi connectivity index (χ3v) is 3.42. The van der Waals surface area contributed by atoms with Crippen LogP contribution >= 0.6 is 0 Å². The van der Waals surface area contributed by atoms with E-state index in [1.165, 1.54) is 0 Å². The van der Waals surface area contributed by atoms with Crippen LogP contribution in [0.5, 0.6) is 0 Å². The van der Waals surface area contributed by atoms with E-state index < -0.39 is 17.5 Å². The van der Waals surface area contributed by atoms with Crippen LogP contribution in [0.2, 0.25) is 0 Å². The molecule has 0 aromatic carbocycles. The number of aliphatic carboxylic acids is 1. The Kier molecular flexibility index (Phi) is 3.99. The molecule has 0 aliphatic heterocycles. The molecule has 6 heteroatoms. The fourth-order valence-corrected chi connectivity index (χ4v) is 2.32. The summed E-state index contributed by atoms with van der Waals surface area (Å²) in [5, 5.41) is 14.5. The van der Waals surface area contributed by atoms with Crippen LogP contribution in [0.4, 0.5) is 4.79 Å². The Morgan fingerprint density at radius 2 is 1.89 bits per heavy atom. The zero-order valence-electron chi connectivity index (χ0n) is 10.6. The smallest absolute Gasteiger partial charge is 0.329 e. The third-order valence-electron chi connectivity index (χ3n) is 3.42. The first-order valence-corrected chi connectivity index (χ1v) is 6.31. The normalized spacial score (nSPS) is 16.8. The lowest BCUT2D eigenvalue weighted by molar-refractivity contribution is -0.144. The van der Waals surface area contributed by atoms with Gasteiger partial charge in [0.2, 0.25) is 0 Å². The first-order chi connectivity index (χ1) is 9.12. The predicted octanol–water partition coefficient (Wildman–Crippen LogP) is 1.28. The second-order valence-corrected chi connectivity index (χ2v) is 4.76. The van der Waals surface area contributed by atoms with Crippen LogP contribution in [0.25, 0.3) is 0 Å². The molecule has 102 valence electrons. The summed E-state index contributed by atoms with van der Waals surface area (Å²) in [4.78, 5) is 26.9. The van der Waals surface area contributed by atoms with Crippen molar-refractivity contribution < 1.29 is 14.7 Å². The minimum absolute atomic E-state index is 0.351. The Hall–Kier alpha value is -2.11. The van der Waals surface area contributed by atoms with Crippen LogP contribution in [0, 0.1) is 0 Å². The molecule has 1 heterocycles. The molecule has 1 aliphatic rings. The minimum Gasteiger partial charge on any atom is -0.480 e. The molecule has 0 radical (unpaired) electrons. The van der Waals surface area contributed by atoms with Gasteiger partial charge in [0.1, 0.15) is 5.54 Å². The lowest BCUT2D eigenvalue weighted by Gasteiger charge is -2.25. The molecule has 0 spiro atoms. The predicted molar refractivity (Wildman–Crippen MR) is 68.4 cm³/mol. The molecule has 19 heavy (non-hydrogen) atoms. The van der Waals surface area contributed by atoms with Crippen molar-refractivity contribution in [2.75, 3.05) is 0 Å². The van der Waals surface area contributed by atoms with E-state index in [1.54, 1.807) is 24.5 Å². The summed E-state index contributed by atoms with van der Waals surface area (Å²) in [5.41, 5.74) is -0.177. The Balaban J connectivity index is 1.88. The molecule has 6 nitrogen and oxygen atoms in total. The highest BCUT2D eigenvalue weighted by Crippen LogP contribution is 2.29. The highest BCUT2D eigenvalue weighted by atomic mass is 16.4. The van der Waals surface area contributed by atoms with Gasteiger partial charge in [0.05, 0.1) is 0 Å². The van der Waals surface area contributed by atoms with Crippen LogP contribution in [0.15, 0.2) is 24.5 Å². The molecule has 0 atom stereocenters. The fourth-order valence-electron chi connectivity index (χ4n) is 2.32. The molecule has 3 N–H and O–H groups in total. The largest absolute Gasteiger partial charge is 0.480 e. The highest BCUT2D eigenvalue weighted by molar-refractivity contribution is 5.86. The van der Waals surface area contributed by atoms with Crippen molar-refractivity contribution in [2.45, 2.75) is 37.8 Å². The van der Waals surface area contributed by atoms with Gasteiger partial charge < -0.3 is 15.7 Å². The molecule has 0 saturated heterocycles. The number of hydrogen-bond donors (Lipinski definition) is 3. The Labute approximate surface area is 111 Å². The van der Waals surface area contributed by atoms with Crippen molar-refractivity contribution in [3.05, 3.63) is 30.1 Å². The number of rotatable bonds is 4. The van der Waals surface area contributed by atoms with Crippen LogP contribution in [0.1, 0.15) is 31.2 Å². The van der Waals surface area contributed by atoms with Crippen molar-refractivity contribution in [3.63, 3.8) is 0 Å². The van der Waals surface area contributed by atoms with Gasteiger partial charge >= 0.3 is 12.0 Å². The van der Waals surface area contributed by atoms with Gasteiger partial charge in [-0.1, -0.05) is 12.8 Å². The van der Waals surface area contributed by atoms with Gasteiger partial charge in [-0.05, 0) is 30.5 Å². The quantitative estimate of drug-likeness (QED) is 0.763. The average molecular weight is 263 g/mol. The SMILES string of the molecule is O=C(NCc1ccncc1)NC1(C(=O)O)CCCC1. The lowest BCUT2D eigenvalue weighted by atomic mass is 9.98.